The first-order chi connectivity index (χ1) is 28.9. The molecule has 13 heteroatoms. The first-order valence-electron chi connectivity index (χ1n) is 21.6. The van der Waals surface area contributed by atoms with Gasteiger partial charge in [0.25, 0.3) is 0 Å². The molecule has 5 aliphatic rings. The molecule has 2 bridgehead atoms. The van der Waals surface area contributed by atoms with Crippen LogP contribution in [0.5, 0.6) is 0 Å². The number of hydrogen-bond acceptors (Lipinski definition) is 8. The highest BCUT2D eigenvalue weighted by Crippen LogP contribution is 2.48. The van der Waals surface area contributed by atoms with Crippen molar-refractivity contribution >= 4 is 57.1 Å². The van der Waals surface area contributed by atoms with Crippen molar-refractivity contribution < 1.29 is 28.7 Å². The Morgan fingerprint density at radius 2 is 1.55 bits per heavy atom. The number of aryl methyl sites for hydroxylation is 1. The Hall–Kier alpha value is -5.72. The van der Waals surface area contributed by atoms with Gasteiger partial charge < -0.3 is 34.9 Å². The van der Waals surface area contributed by atoms with E-state index in [1.165, 1.54) is 30.9 Å². The molecule has 3 aromatic carbocycles. The number of rotatable bonds is 9. The van der Waals surface area contributed by atoms with E-state index in [1.807, 2.05) is 32.6 Å². The number of carbonyl (C=O) groups is 4. The number of aromatic nitrogens is 2. The van der Waals surface area contributed by atoms with Gasteiger partial charge >= 0.3 is 12.2 Å². The van der Waals surface area contributed by atoms with Gasteiger partial charge in [0, 0.05) is 35.8 Å². The minimum atomic E-state index is -0.690. The zero-order chi connectivity index (χ0) is 42.0. The topological polar surface area (TPSA) is 158 Å². The van der Waals surface area contributed by atoms with Crippen molar-refractivity contribution in [2.45, 2.75) is 109 Å². The summed E-state index contributed by atoms with van der Waals surface area (Å²) in [6, 6.07) is 16.1. The van der Waals surface area contributed by atoms with Crippen LogP contribution in [0.15, 0.2) is 59.2 Å². The van der Waals surface area contributed by atoms with Gasteiger partial charge in [-0.25, -0.2) is 14.6 Å². The lowest BCUT2D eigenvalue weighted by atomic mass is 9.84. The van der Waals surface area contributed by atoms with Crippen LogP contribution in [-0.4, -0.2) is 94.4 Å². The van der Waals surface area contributed by atoms with Gasteiger partial charge in [-0.05, 0) is 108 Å². The number of carbonyl (C=O) groups excluding carboxylic acids is 4. The average Bonchev–Trinajstić information content (AvgIpc) is 4.11. The van der Waals surface area contributed by atoms with Crippen LogP contribution in [0, 0.1) is 17.8 Å². The fourth-order valence-corrected chi connectivity index (χ4v) is 10.7. The fraction of sp³-hybridized carbons (Fsp3) is 0.489. The quantitative estimate of drug-likeness (QED) is 0.156. The van der Waals surface area contributed by atoms with Crippen molar-refractivity contribution in [1.29, 1.82) is 0 Å². The highest BCUT2D eigenvalue weighted by molar-refractivity contribution is 6.07. The van der Waals surface area contributed by atoms with Crippen LogP contribution in [-0.2, 0) is 25.5 Å². The second-order valence-electron chi connectivity index (χ2n) is 17.9. The zero-order valence-corrected chi connectivity index (χ0v) is 35.3. The summed E-state index contributed by atoms with van der Waals surface area (Å²) in [5, 5.41) is 7.66. The summed E-state index contributed by atoms with van der Waals surface area (Å²) in [5.41, 5.74) is 10.2. The predicted molar refractivity (Wildman–Crippen MR) is 230 cm³/mol. The molecule has 3 aliphatic heterocycles. The number of H-pyrrole nitrogens is 1. The van der Waals surface area contributed by atoms with Crippen LogP contribution in [0.2, 0.25) is 0 Å². The molecule has 2 aliphatic carbocycles. The Balaban J connectivity index is 0.933. The SMILES string of the molecule is COC(=O)N[C@H](C(=O)N1CCC[C@H]1c1nc2c(ccc3cc(-c4ccc5c(c4)CCC4=C5CC([C@@H]5[C@H]6CC[C@H](C6)N5C(=O)[C@@H](NC(=O)OC)C(C)C)=N4)ccc32)[nH]1)C(C)C. The number of piperidine rings is 1. The van der Waals surface area contributed by atoms with E-state index in [9.17, 15) is 19.2 Å². The number of allylic oxidation sites excluding steroid dienone is 2. The first kappa shape index (κ1) is 39.7. The Labute approximate surface area is 350 Å². The zero-order valence-electron chi connectivity index (χ0n) is 35.3. The molecular weight excluding hydrogens is 759 g/mol. The third-order valence-electron chi connectivity index (χ3n) is 13.7. The van der Waals surface area contributed by atoms with Gasteiger partial charge in [-0.3, -0.25) is 14.6 Å². The van der Waals surface area contributed by atoms with E-state index in [0.717, 1.165) is 102 Å². The second kappa shape index (κ2) is 15.7. The van der Waals surface area contributed by atoms with Crippen molar-refractivity contribution in [3.63, 3.8) is 0 Å². The Morgan fingerprint density at radius 1 is 0.833 bits per heavy atom. The Kier molecular flexibility index (Phi) is 10.4. The number of hydrogen-bond donors (Lipinski definition) is 3. The molecule has 0 spiro atoms. The van der Waals surface area contributed by atoms with E-state index in [2.05, 4.69) is 69.0 Å². The number of ether oxygens (including phenoxy) is 2. The summed E-state index contributed by atoms with van der Waals surface area (Å²) in [5.74, 6) is 0.792. The molecule has 0 radical (unpaired) electrons. The lowest BCUT2D eigenvalue weighted by molar-refractivity contribution is -0.137. The molecule has 6 atom stereocenters. The Morgan fingerprint density at radius 3 is 2.28 bits per heavy atom. The fourth-order valence-electron chi connectivity index (χ4n) is 10.7. The van der Waals surface area contributed by atoms with Gasteiger partial charge in [0.1, 0.15) is 17.9 Å². The predicted octanol–water partition coefficient (Wildman–Crippen LogP) is 7.69. The molecule has 60 heavy (non-hydrogen) atoms. The van der Waals surface area contributed by atoms with Crippen LogP contribution in [0.25, 0.3) is 38.5 Å². The molecule has 4 amide bonds. The summed E-state index contributed by atoms with van der Waals surface area (Å²) in [6.07, 6.45) is 6.01. The molecular formula is C47H55N7O6. The number of amides is 4. The smallest absolute Gasteiger partial charge is 0.407 e. The molecule has 314 valence electrons. The van der Waals surface area contributed by atoms with Crippen LogP contribution in [0.3, 0.4) is 0 Å². The highest BCUT2D eigenvalue weighted by Gasteiger charge is 2.52. The first-order valence-corrected chi connectivity index (χ1v) is 21.6. The van der Waals surface area contributed by atoms with E-state index in [-0.39, 0.29) is 41.8 Å². The molecule has 3 fully saturated rings. The van der Waals surface area contributed by atoms with E-state index >= 15 is 0 Å². The molecule has 2 saturated heterocycles. The number of nitrogens with zero attached hydrogens (tertiary/aromatic N) is 4. The third-order valence-corrected chi connectivity index (χ3v) is 13.7. The van der Waals surface area contributed by atoms with Crippen molar-refractivity contribution in [1.82, 2.24) is 30.4 Å². The maximum Gasteiger partial charge on any atom is 0.407 e. The summed E-state index contributed by atoms with van der Waals surface area (Å²) >= 11 is 0. The van der Waals surface area contributed by atoms with Gasteiger partial charge in [-0.15, -0.1) is 0 Å². The van der Waals surface area contributed by atoms with Crippen LogP contribution in [0.4, 0.5) is 9.59 Å². The number of likely N-dealkylation sites (tertiary alicyclic amines) is 2. The van der Waals surface area contributed by atoms with Gasteiger partial charge in [0.15, 0.2) is 0 Å². The standard InChI is InChI=1S/C47H55N7O6/c1-24(2)39(51-46(57)59-5)44(55)53-19-7-8-38(53)43-49-36-18-13-29-21-27(11-16-33(29)41(36)50-43)26-10-15-32-28(20-26)12-17-35-34(32)23-37(48-35)42-30-9-14-31(22-30)54(42)45(56)40(25(3)4)52-47(58)60-6/h10-11,13,15-16,18,20-21,24-25,30-31,38-40,42H,7-9,12,14,17,19,22-23H2,1-6H3,(H,49,50)(H,51,57)(H,52,58)/t30-,31+,38-,39-,40-,42-/m0/s1. The lowest BCUT2D eigenvalue weighted by Gasteiger charge is -2.38. The summed E-state index contributed by atoms with van der Waals surface area (Å²) in [7, 11) is 2.63. The summed E-state index contributed by atoms with van der Waals surface area (Å²) in [6.45, 7) is 8.35. The van der Waals surface area contributed by atoms with Gasteiger partial charge in [0.2, 0.25) is 11.8 Å². The number of nitrogens with one attached hydrogen (secondary N) is 3. The number of aliphatic imine (C=N–C) groups is 1. The van der Waals surface area contributed by atoms with Crippen molar-refractivity contribution in [2.24, 2.45) is 22.7 Å². The van der Waals surface area contributed by atoms with E-state index in [0.29, 0.717) is 12.5 Å². The molecule has 13 nitrogen and oxygen atoms in total. The van der Waals surface area contributed by atoms with Gasteiger partial charge in [-0.2, -0.15) is 0 Å². The minimum absolute atomic E-state index is 0.0346. The largest absolute Gasteiger partial charge is 0.453 e. The maximum atomic E-state index is 14.1. The summed E-state index contributed by atoms with van der Waals surface area (Å²) < 4.78 is 9.67. The van der Waals surface area contributed by atoms with Crippen molar-refractivity contribution in [3.8, 4) is 11.1 Å². The van der Waals surface area contributed by atoms with Gasteiger partial charge in [-0.1, -0.05) is 64.1 Å². The van der Waals surface area contributed by atoms with Crippen LogP contribution < -0.4 is 10.6 Å². The highest BCUT2D eigenvalue weighted by atomic mass is 16.5. The van der Waals surface area contributed by atoms with Crippen LogP contribution >= 0.6 is 0 Å². The second-order valence-corrected chi connectivity index (χ2v) is 17.9. The number of alkyl carbamates (subject to hydrolysis) is 2. The Bertz CT molecular complexity index is 2470. The van der Waals surface area contributed by atoms with E-state index < -0.39 is 24.3 Å². The maximum absolute atomic E-state index is 14.1. The van der Waals surface area contributed by atoms with Gasteiger partial charge in [0.05, 0.1) is 37.3 Å². The molecule has 4 heterocycles. The minimum Gasteiger partial charge on any atom is -0.453 e. The molecule has 4 aromatic rings. The van der Waals surface area contributed by atoms with E-state index in [4.69, 9.17) is 19.5 Å². The number of fused-ring (bicyclic) bond motifs is 7. The molecule has 0 unspecified atom stereocenters. The number of imidazole rings is 1. The summed E-state index contributed by atoms with van der Waals surface area (Å²) in [4.78, 5) is 70.0. The molecule has 3 N–H and O–H groups in total. The lowest BCUT2D eigenvalue weighted by Crippen LogP contribution is -2.57. The van der Waals surface area contributed by atoms with Crippen molar-refractivity contribution in [3.05, 3.63) is 71.2 Å². The number of aromatic amines is 1. The molecule has 9 rings (SSSR count). The number of benzene rings is 3. The molecule has 1 saturated carbocycles. The monoisotopic (exact) mass is 813 g/mol. The normalized spacial score (nSPS) is 23.0. The van der Waals surface area contributed by atoms with E-state index in [1.54, 1.807) is 0 Å². The number of methoxy groups -OCH3 is 2. The average molecular weight is 814 g/mol. The van der Waals surface area contributed by atoms with Crippen molar-refractivity contribution in [2.75, 3.05) is 20.8 Å². The molecule has 1 aromatic heterocycles. The van der Waals surface area contributed by atoms with Crippen LogP contribution in [0.1, 0.15) is 95.6 Å². The third kappa shape index (κ3) is 6.89.